The number of H-pyrrole nitrogens is 1. The van der Waals surface area contributed by atoms with Crippen LogP contribution < -0.4 is 20.3 Å². The largest absolute Gasteiger partial charge is 0.486 e. The molecule has 0 saturated carbocycles. The molecule has 0 radical (unpaired) electrons. The molecule has 9 nitrogen and oxygen atoms in total. The van der Waals surface area contributed by atoms with Gasteiger partial charge in [-0.25, -0.2) is 4.39 Å². The minimum absolute atomic E-state index is 0.0801. The van der Waals surface area contributed by atoms with E-state index in [1.165, 1.54) is 18.5 Å². The lowest BCUT2D eigenvalue weighted by molar-refractivity contribution is -0.111. The van der Waals surface area contributed by atoms with Gasteiger partial charge in [0, 0.05) is 55.2 Å². The number of amides is 1. The predicted octanol–water partition coefficient (Wildman–Crippen LogP) is 6.16. The maximum Gasteiger partial charge on any atom is 0.247 e. The molecule has 12 heteroatoms. The van der Waals surface area contributed by atoms with Crippen molar-refractivity contribution in [3.8, 4) is 5.75 Å². The number of likely N-dealkylation sites (N-methyl/N-ethyl adjacent to an activating group) is 1. The average Bonchev–Trinajstić information content (AvgIpc) is 3.32. The first-order chi connectivity index (χ1) is 19.2. The van der Waals surface area contributed by atoms with Crippen LogP contribution in [0.4, 0.5) is 27.3 Å². The van der Waals surface area contributed by atoms with Crippen LogP contribution in [0.3, 0.4) is 0 Å². The first kappa shape index (κ1) is 27.7. The third kappa shape index (κ3) is 5.84. The van der Waals surface area contributed by atoms with Crippen molar-refractivity contribution in [2.24, 2.45) is 0 Å². The van der Waals surface area contributed by atoms with Crippen LogP contribution in [0.25, 0.3) is 10.9 Å². The molecule has 3 N–H and O–H groups in total. The Balaban J connectivity index is 1.46. The summed E-state index contributed by atoms with van der Waals surface area (Å²) in [6, 6.07) is 8.58. The van der Waals surface area contributed by atoms with Crippen LogP contribution >= 0.6 is 23.2 Å². The number of carbonyl (C=O) groups excluding carboxylic acids is 1. The lowest BCUT2D eigenvalue weighted by Crippen LogP contribution is -2.44. The molecule has 1 aliphatic heterocycles. The van der Waals surface area contributed by atoms with Gasteiger partial charge in [0.25, 0.3) is 0 Å². The summed E-state index contributed by atoms with van der Waals surface area (Å²) in [6.07, 6.45) is 3.69. The van der Waals surface area contributed by atoms with E-state index in [2.05, 4.69) is 49.2 Å². The van der Waals surface area contributed by atoms with E-state index in [0.717, 1.165) is 32.3 Å². The maximum atomic E-state index is 15.6. The number of halogens is 3. The number of benzene rings is 2. The molecule has 1 saturated heterocycles. The highest BCUT2D eigenvalue weighted by molar-refractivity contribution is 6.35. The number of carbonyl (C=O) groups is 1. The Bertz CT molecular complexity index is 1550. The number of ether oxygens (including phenoxy) is 1. The predicted molar refractivity (Wildman–Crippen MR) is 158 cm³/mol. The van der Waals surface area contributed by atoms with Gasteiger partial charge in [-0.3, -0.25) is 14.9 Å². The number of nitrogens with one attached hydrogen (secondary N) is 3. The second-order valence-corrected chi connectivity index (χ2v) is 10.3. The molecular weight excluding hydrogens is 556 g/mol. The Morgan fingerprint density at radius 3 is 2.60 bits per heavy atom. The van der Waals surface area contributed by atoms with E-state index >= 15 is 4.39 Å². The van der Waals surface area contributed by atoms with Crippen LogP contribution in [-0.2, 0) is 4.79 Å². The smallest absolute Gasteiger partial charge is 0.247 e. The Morgan fingerprint density at radius 2 is 1.90 bits per heavy atom. The van der Waals surface area contributed by atoms with E-state index in [0.29, 0.717) is 43.8 Å². The zero-order valence-corrected chi connectivity index (χ0v) is 23.5. The molecule has 2 aromatic heterocycles. The van der Waals surface area contributed by atoms with E-state index in [9.17, 15) is 4.79 Å². The average molecular weight is 584 g/mol. The van der Waals surface area contributed by atoms with Crippen LogP contribution in [-0.4, -0.2) is 59.2 Å². The monoisotopic (exact) mass is 583 g/mol. The van der Waals surface area contributed by atoms with Crippen molar-refractivity contribution in [2.45, 2.75) is 13.0 Å². The Kier molecular flexibility index (Phi) is 8.11. The van der Waals surface area contributed by atoms with E-state index in [-0.39, 0.29) is 11.4 Å². The molecule has 0 bridgehead atoms. The van der Waals surface area contributed by atoms with Crippen molar-refractivity contribution in [2.75, 3.05) is 48.8 Å². The molecular formula is C28H28Cl2FN7O2. The summed E-state index contributed by atoms with van der Waals surface area (Å²) < 4.78 is 21.8. The number of fused-ring (bicyclic) bond motifs is 1. The fourth-order valence-electron chi connectivity index (χ4n) is 4.60. The van der Waals surface area contributed by atoms with Gasteiger partial charge in [-0.1, -0.05) is 29.8 Å². The van der Waals surface area contributed by atoms with Gasteiger partial charge >= 0.3 is 0 Å². The number of piperazine rings is 1. The normalized spacial score (nSPS) is 14.7. The molecule has 3 heterocycles. The SMILES string of the molecule is C=CC(=O)Nc1cc(N2CCN(C)CC2)cc(F)c1Nc1n[nH]c2ccc(OC(C)c3c(Cl)cncc3Cl)cc12. The quantitative estimate of drug-likeness (QED) is 0.213. The van der Waals surface area contributed by atoms with Crippen molar-refractivity contribution in [3.63, 3.8) is 0 Å². The Hall–Kier alpha value is -3.86. The van der Waals surface area contributed by atoms with Gasteiger partial charge in [0.1, 0.15) is 17.5 Å². The van der Waals surface area contributed by atoms with Gasteiger partial charge in [0.15, 0.2) is 11.6 Å². The zero-order valence-electron chi connectivity index (χ0n) is 22.0. The van der Waals surface area contributed by atoms with Gasteiger partial charge in [-0.05, 0) is 50.4 Å². The standard InChI is InChI=1S/C28H28Cl2FN7O2/c1-4-25(39)33-24-12-17(38-9-7-37(3)8-10-38)11-22(31)27(24)34-28-19-13-18(5-6-23(19)35-36-28)40-16(2)26-20(29)14-32-15-21(26)30/h4-6,11-16H,1,7-10H2,2-3H3,(H,33,39)(H2,34,35,36). The van der Waals surface area contributed by atoms with Crippen LogP contribution in [0.2, 0.25) is 10.0 Å². The summed E-state index contributed by atoms with van der Waals surface area (Å²) >= 11 is 12.6. The number of hydrogen-bond donors (Lipinski definition) is 3. The van der Waals surface area contributed by atoms with E-state index < -0.39 is 17.8 Å². The topological polar surface area (TPSA) is 98.4 Å². The molecule has 1 fully saturated rings. The van der Waals surface area contributed by atoms with Crippen molar-refractivity contribution in [1.82, 2.24) is 20.1 Å². The van der Waals surface area contributed by atoms with Crippen molar-refractivity contribution in [1.29, 1.82) is 0 Å². The summed E-state index contributed by atoms with van der Waals surface area (Å²) in [5, 5.41) is 14.5. The minimum atomic E-state index is -0.532. The van der Waals surface area contributed by atoms with Crippen LogP contribution in [0.15, 0.2) is 55.4 Å². The van der Waals surface area contributed by atoms with E-state index in [4.69, 9.17) is 27.9 Å². The summed E-state index contributed by atoms with van der Waals surface area (Å²) in [5.74, 6) is -0.106. The van der Waals surface area contributed by atoms with Crippen molar-refractivity contribution < 1.29 is 13.9 Å². The van der Waals surface area contributed by atoms with Gasteiger partial charge in [-0.2, -0.15) is 5.10 Å². The second kappa shape index (κ2) is 11.7. The third-order valence-electron chi connectivity index (χ3n) is 6.77. The molecule has 1 aliphatic rings. The van der Waals surface area contributed by atoms with Crippen LogP contribution in [0.1, 0.15) is 18.6 Å². The Morgan fingerprint density at radius 1 is 1.18 bits per heavy atom. The second-order valence-electron chi connectivity index (χ2n) is 9.52. The summed E-state index contributed by atoms with van der Waals surface area (Å²) in [6.45, 7) is 8.56. The highest BCUT2D eigenvalue weighted by atomic mass is 35.5. The highest BCUT2D eigenvalue weighted by Crippen LogP contribution is 2.37. The summed E-state index contributed by atoms with van der Waals surface area (Å²) in [4.78, 5) is 20.5. The van der Waals surface area contributed by atoms with Crippen molar-refractivity contribution >= 4 is 62.9 Å². The number of hydrogen-bond acceptors (Lipinski definition) is 7. The molecule has 5 rings (SSSR count). The highest BCUT2D eigenvalue weighted by Gasteiger charge is 2.21. The lowest BCUT2D eigenvalue weighted by Gasteiger charge is -2.34. The number of pyridine rings is 1. The molecule has 4 aromatic rings. The summed E-state index contributed by atoms with van der Waals surface area (Å²) in [5.41, 5.74) is 2.36. The molecule has 1 atom stereocenters. The Labute approximate surface area is 240 Å². The molecule has 0 aliphatic carbocycles. The fourth-order valence-corrected chi connectivity index (χ4v) is 5.27. The third-order valence-corrected chi connectivity index (χ3v) is 7.38. The van der Waals surface area contributed by atoms with Gasteiger partial charge in [0.05, 0.1) is 21.2 Å². The van der Waals surface area contributed by atoms with E-state index in [1.54, 1.807) is 24.3 Å². The molecule has 0 spiro atoms. The molecule has 1 amide bonds. The van der Waals surface area contributed by atoms with Crippen LogP contribution in [0, 0.1) is 5.82 Å². The molecule has 40 heavy (non-hydrogen) atoms. The first-order valence-corrected chi connectivity index (χ1v) is 13.4. The number of rotatable bonds is 8. The minimum Gasteiger partial charge on any atom is -0.486 e. The number of nitrogens with zero attached hydrogens (tertiary/aromatic N) is 4. The first-order valence-electron chi connectivity index (χ1n) is 12.6. The van der Waals surface area contributed by atoms with Gasteiger partial charge < -0.3 is 25.2 Å². The van der Waals surface area contributed by atoms with Crippen LogP contribution in [0.5, 0.6) is 5.75 Å². The van der Waals surface area contributed by atoms with E-state index in [1.807, 2.05) is 6.92 Å². The molecule has 2 aromatic carbocycles. The number of aromatic nitrogens is 3. The maximum absolute atomic E-state index is 15.6. The molecule has 1 unspecified atom stereocenters. The number of aromatic amines is 1. The van der Waals surface area contributed by atoms with Gasteiger partial charge in [0.2, 0.25) is 5.91 Å². The fraction of sp³-hybridized carbons (Fsp3) is 0.250. The lowest BCUT2D eigenvalue weighted by atomic mass is 10.1. The van der Waals surface area contributed by atoms with Crippen molar-refractivity contribution in [3.05, 3.63) is 76.8 Å². The van der Waals surface area contributed by atoms with Gasteiger partial charge in [-0.15, -0.1) is 0 Å². The zero-order chi connectivity index (χ0) is 28.4. The summed E-state index contributed by atoms with van der Waals surface area (Å²) in [7, 11) is 2.05. The number of anilines is 4. The molecule has 208 valence electrons.